The van der Waals surface area contributed by atoms with Gasteiger partial charge in [-0.25, -0.2) is 4.79 Å². The van der Waals surface area contributed by atoms with Crippen molar-refractivity contribution in [2.75, 3.05) is 10.6 Å². The SMILES string of the molecule is Cc1ccc(NC(=O)Nc2c(Cl)cccc2Cl)c(C)c1. The summed E-state index contributed by atoms with van der Waals surface area (Å²) in [6.45, 7) is 3.94. The molecule has 20 heavy (non-hydrogen) atoms. The van der Waals surface area contributed by atoms with E-state index in [0.717, 1.165) is 16.8 Å². The van der Waals surface area contributed by atoms with E-state index in [2.05, 4.69) is 10.6 Å². The zero-order valence-electron chi connectivity index (χ0n) is 11.1. The predicted octanol–water partition coefficient (Wildman–Crippen LogP) is 5.25. The Morgan fingerprint density at radius 3 is 2.25 bits per heavy atom. The first-order valence-electron chi connectivity index (χ1n) is 6.06. The average Bonchev–Trinajstić information content (AvgIpc) is 2.37. The lowest BCUT2D eigenvalue weighted by atomic mass is 10.1. The van der Waals surface area contributed by atoms with Crippen LogP contribution in [-0.2, 0) is 0 Å². The fourth-order valence-electron chi connectivity index (χ4n) is 1.84. The highest BCUT2D eigenvalue weighted by atomic mass is 35.5. The lowest BCUT2D eigenvalue weighted by Crippen LogP contribution is -2.20. The van der Waals surface area contributed by atoms with Gasteiger partial charge in [0.1, 0.15) is 0 Å². The highest BCUT2D eigenvalue weighted by Gasteiger charge is 2.10. The Labute approximate surface area is 127 Å². The number of hydrogen-bond acceptors (Lipinski definition) is 1. The van der Waals surface area contributed by atoms with E-state index in [-0.39, 0.29) is 6.03 Å². The Balaban J connectivity index is 2.13. The first-order valence-corrected chi connectivity index (χ1v) is 6.82. The summed E-state index contributed by atoms with van der Waals surface area (Å²) in [4.78, 5) is 12.0. The number of nitrogens with one attached hydrogen (secondary N) is 2. The van der Waals surface area contributed by atoms with Crippen molar-refractivity contribution in [3.05, 3.63) is 57.6 Å². The van der Waals surface area contributed by atoms with Gasteiger partial charge in [0, 0.05) is 5.69 Å². The molecule has 5 heteroatoms. The molecule has 0 fully saturated rings. The first kappa shape index (κ1) is 14.7. The number of hydrogen-bond donors (Lipinski definition) is 2. The molecule has 0 spiro atoms. The number of urea groups is 1. The van der Waals surface area contributed by atoms with E-state index in [9.17, 15) is 4.79 Å². The van der Waals surface area contributed by atoms with Crippen LogP contribution >= 0.6 is 23.2 Å². The van der Waals surface area contributed by atoms with Gasteiger partial charge in [-0.15, -0.1) is 0 Å². The summed E-state index contributed by atoms with van der Waals surface area (Å²) in [7, 11) is 0. The number of carbonyl (C=O) groups excluding carboxylic acids is 1. The number of halogens is 2. The molecular formula is C15H14Cl2N2O. The van der Waals surface area contributed by atoms with Crippen LogP contribution in [0.25, 0.3) is 0 Å². The summed E-state index contributed by atoms with van der Waals surface area (Å²) >= 11 is 12.0. The number of aryl methyl sites for hydroxylation is 2. The summed E-state index contributed by atoms with van der Waals surface area (Å²) in [5.74, 6) is 0. The molecule has 0 aromatic heterocycles. The normalized spacial score (nSPS) is 10.2. The molecule has 104 valence electrons. The van der Waals surface area contributed by atoms with Crippen LogP contribution in [0.3, 0.4) is 0 Å². The smallest absolute Gasteiger partial charge is 0.307 e. The first-order chi connectivity index (χ1) is 9.47. The monoisotopic (exact) mass is 308 g/mol. The van der Waals surface area contributed by atoms with E-state index < -0.39 is 0 Å². The molecule has 0 aliphatic carbocycles. The van der Waals surface area contributed by atoms with Crippen LogP contribution < -0.4 is 10.6 Å². The van der Waals surface area contributed by atoms with Gasteiger partial charge < -0.3 is 10.6 Å². The molecule has 0 unspecified atom stereocenters. The second-order valence-corrected chi connectivity index (χ2v) is 5.31. The fraction of sp³-hybridized carbons (Fsp3) is 0.133. The van der Waals surface area contributed by atoms with Gasteiger partial charge in [-0.2, -0.15) is 0 Å². The van der Waals surface area contributed by atoms with Crippen molar-refractivity contribution < 1.29 is 4.79 Å². The minimum absolute atomic E-state index is 0.382. The summed E-state index contributed by atoms with van der Waals surface area (Å²) in [5, 5.41) is 6.22. The molecule has 0 heterocycles. The van der Waals surface area contributed by atoms with E-state index in [1.807, 2.05) is 32.0 Å². The number of amides is 2. The quantitative estimate of drug-likeness (QED) is 0.781. The topological polar surface area (TPSA) is 41.1 Å². The molecule has 0 saturated heterocycles. The second kappa shape index (κ2) is 6.16. The summed E-state index contributed by atoms with van der Waals surface area (Å²) in [6, 6.07) is 10.5. The van der Waals surface area contributed by atoms with E-state index in [4.69, 9.17) is 23.2 Å². The second-order valence-electron chi connectivity index (χ2n) is 4.49. The molecule has 2 aromatic rings. The van der Waals surface area contributed by atoms with Crippen LogP contribution in [-0.4, -0.2) is 6.03 Å². The fourth-order valence-corrected chi connectivity index (χ4v) is 2.33. The summed E-state index contributed by atoms with van der Waals surface area (Å²) in [5.41, 5.74) is 3.28. The molecule has 0 bridgehead atoms. The molecule has 0 aliphatic heterocycles. The van der Waals surface area contributed by atoms with E-state index in [1.165, 1.54) is 0 Å². The van der Waals surface area contributed by atoms with Gasteiger partial charge in [0.05, 0.1) is 15.7 Å². The molecule has 2 amide bonds. The highest BCUT2D eigenvalue weighted by molar-refractivity contribution is 6.39. The van der Waals surface area contributed by atoms with E-state index in [0.29, 0.717) is 15.7 Å². The van der Waals surface area contributed by atoms with Crippen LogP contribution in [0.5, 0.6) is 0 Å². The maximum atomic E-state index is 12.0. The minimum atomic E-state index is -0.382. The maximum Gasteiger partial charge on any atom is 0.323 e. The molecular weight excluding hydrogens is 295 g/mol. The number of carbonyl (C=O) groups is 1. The van der Waals surface area contributed by atoms with Crippen LogP contribution in [0, 0.1) is 13.8 Å². The molecule has 0 aliphatic rings. The Kier molecular flexibility index (Phi) is 4.53. The molecule has 0 radical (unpaired) electrons. The van der Waals surface area contributed by atoms with Crippen molar-refractivity contribution >= 4 is 40.6 Å². The largest absolute Gasteiger partial charge is 0.323 e. The Morgan fingerprint density at radius 1 is 1.00 bits per heavy atom. The molecule has 2 aromatic carbocycles. The number of benzene rings is 2. The summed E-state index contributed by atoms with van der Waals surface area (Å²) < 4.78 is 0. The Morgan fingerprint density at radius 2 is 1.65 bits per heavy atom. The van der Waals surface area contributed by atoms with Gasteiger partial charge in [-0.05, 0) is 37.6 Å². The molecule has 0 atom stereocenters. The van der Waals surface area contributed by atoms with Gasteiger partial charge >= 0.3 is 6.03 Å². The van der Waals surface area contributed by atoms with Gasteiger partial charge in [0.15, 0.2) is 0 Å². The zero-order chi connectivity index (χ0) is 14.7. The minimum Gasteiger partial charge on any atom is -0.307 e. The standard InChI is InChI=1S/C15H14Cl2N2O/c1-9-6-7-13(10(2)8-9)18-15(20)19-14-11(16)4-3-5-12(14)17/h3-8H,1-2H3,(H2,18,19,20). The van der Waals surface area contributed by atoms with Crippen molar-refractivity contribution in [2.45, 2.75) is 13.8 Å². The van der Waals surface area contributed by atoms with Gasteiger partial charge in [0.2, 0.25) is 0 Å². The van der Waals surface area contributed by atoms with Crippen molar-refractivity contribution in [2.24, 2.45) is 0 Å². The lowest BCUT2D eigenvalue weighted by molar-refractivity contribution is 0.262. The molecule has 3 nitrogen and oxygen atoms in total. The molecule has 2 rings (SSSR count). The Bertz CT molecular complexity index is 636. The van der Waals surface area contributed by atoms with Crippen molar-refractivity contribution in [3.8, 4) is 0 Å². The number of para-hydroxylation sites is 1. The predicted molar refractivity (Wildman–Crippen MR) is 85.0 cm³/mol. The van der Waals surface area contributed by atoms with Gasteiger partial charge in [-0.3, -0.25) is 0 Å². The average molecular weight is 309 g/mol. The third kappa shape index (κ3) is 3.44. The van der Waals surface area contributed by atoms with Gasteiger partial charge in [-0.1, -0.05) is 47.0 Å². The van der Waals surface area contributed by atoms with Crippen LogP contribution in [0.2, 0.25) is 10.0 Å². The number of anilines is 2. The van der Waals surface area contributed by atoms with Crippen molar-refractivity contribution in [3.63, 3.8) is 0 Å². The summed E-state index contributed by atoms with van der Waals surface area (Å²) in [6.07, 6.45) is 0. The highest BCUT2D eigenvalue weighted by Crippen LogP contribution is 2.30. The van der Waals surface area contributed by atoms with Gasteiger partial charge in [0.25, 0.3) is 0 Å². The third-order valence-electron chi connectivity index (χ3n) is 2.83. The number of rotatable bonds is 2. The maximum absolute atomic E-state index is 12.0. The van der Waals surface area contributed by atoms with Crippen LogP contribution in [0.15, 0.2) is 36.4 Å². The molecule has 2 N–H and O–H groups in total. The van der Waals surface area contributed by atoms with E-state index >= 15 is 0 Å². The van der Waals surface area contributed by atoms with E-state index in [1.54, 1.807) is 18.2 Å². The lowest BCUT2D eigenvalue weighted by Gasteiger charge is -2.12. The van der Waals surface area contributed by atoms with Crippen molar-refractivity contribution in [1.82, 2.24) is 0 Å². The third-order valence-corrected chi connectivity index (χ3v) is 3.46. The van der Waals surface area contributed by atoms with Crippen LogP contribution in [0.1, 0.15) is 11.1 Å². The molecule has 0 saturated carbocycles. The van der Waals surface area contributed by atoms with Crippen LogP contribution in [0.4, 0.5) is 16.2 Å². The zero-order valence-corrected chi connectivity index (χ0v) is 12.6. The van der Waals surface area contributed by atoms with Crippen molar-refractivity contribution in [1.29, 1.82) is 0 Å². The Hall–Kier alpha value is -1.71.